The van der Waals surface area contributed by atoms with Crippen LogP contribution in [0.2, 0.25) is 0 Å². The van der Waals surface area contributed by atoms with Gasteiger partial charge in [0.05, 0.1) is 5.69 Å². The van der Waals surface area contributed by atoms with Gasteiger partial charge in [-0.3, -0.25) is 4.79 Å². The molecule has 2 rings (SSSR count). The van der Waals surface area contributed by atoms with E-state index in [1.807, 2.05) is 59.8 Å². The predicted molar refractivity (Wildman–Crippen MR) is 81.4 cm³/mol. The molecule has 4 heteroatoms. The highest BCUT2D eigenvalue weighted by Gasteiger charge is 2.18. The molecule has 1 aromatic heterocycles. The first-order valence-electron chi connectivity index (χ1n) is 6.94. The van der Waals surface area contributed by atoms with Crippen molar-refractivity contribution in [2.75, 3.05) is 12.3 Å². The highest BCUT2D eigenvalue weighted by atomic mass is 16.2. The fourth-order valence-electron chi connectivity index (χ4n) is 2.27. The monoisotopic (exact) mass is 271 g/mol. The summed E-state index contributed by atoms with van der Waals surface area (Å²) in [4.78, 5) is 14.5. The Morgan fingerprint density at radius 1 is 1.25 bits per heavy atom. The number of nitrogens with two attached hydrogens (primary N) is 1. The minimum absolute atomic E-state index is 0.0231. The number of anilines is 1. The largest absolute Gasteiger partial charge is 0.397 e. The summed E-state index contributed by atoms with van der Waals surface area (Å²) in [5, 5.41) is 0. The maximum atomic E-state index is 12.6. The molecule has 0 radical (unpaired) electrons. The van der Waals surface area contributed by atoms with Gasteiger partial charge >= 0.3 is 0 Å². The molecule has 0 atom stereocenters. The lowest BCUT2D eigenvalue weighted by atomic mass is 10.2. The molecule has 0 fully saturated rings. The van der Waals surface area contributed by atoms with Crippen molar-refractivity contribution < 1.29 is 4.79 Å². The van der Waals surface area contributed by atoms with Crippen molar-refractivity contribution >= 4 is 11.6 Å². The van der Waals surface area contributed by atoms with Crippen LogP contribution in [0.15, 0.2) is 42.6 Å². The second-order valence-electron chi connectivity index (χ2n) is 4.75. The smallest absolute Gasteiger partial charge is 0.270 e. The Morgan fingerprint density at radius 3 is 2.55 bits per heavy atom. The van der Waals surface area contributed by atoms with E-state index in [0.717, 1.165) is 12.1 Å². The quantitative estimate of drug-likeness (QED) is 0.909. The van der Waals surface area contributed by atoms with Crippen LogP contribution in [0.5, 0.6) is 0 Å². The number of amides is 1. The van der Waals surface area contributed by atoms with Crippen LogP contribution in [0.1, 0.15) is 29.9 Å². The summed E-state index contributed by atoms with van der Waals surface area (Å²) in [5.74, 6) is 0.0231. The van der Waals surface area contributed by atoms with E-state index in [0.29, 0.717) is 24.5 Å². The number of benzene rings is 1. The van der Waals surface area contributed by atoms with Crippen molar-refractivity contribution in [1.82, 2.24) is 9.47 Å². The van der Waals surface area contributed by atoms with Crippen LogP contribution in [-0.4, -0.2) is 21.9 Å². The summed E-state index contributed by atoms with van der Waals surface area (Å²) in [6, 6.07) is 11.8. The van der Waals surface area contributed by atoms with E-state index in [-0.39, 0.29) is 5.91 Å². The molecule has 1 amide bonds. The highest BCUT2D eigenvalue weighted by Crippen LogP contribution is 2.15. The molecular formula is C16H21N3O. The number of carbonyl (C=O) groups excluding carboxylic acids is 1. The zero-order chi connectivity index (χ0) is 14.5. The van der Waals surface area contributed by atoms with Gasteiger partial charge < -0.3 is 15.2 Å². The SMILES string of the molecule is CCN(Cc1ccccc1)C(=O)c1cc(N)cn1CC. The van der Waals surface area contributed by atoms with Gasteiger partial charge in [-0.2, -0.15) is 0 Å². The highest BCUT2D eigenvalue weighted by molar-refractivity contribution is 5.93. The molecule has 106 valence electrons. The van der Waals surface area contributed by atoms with Crippen LogP contribution in [0.25, 0.3) is 0 Å². The molecule has 0 spiro atoms. The fraction of sp³-hybridized carbons (Fsp3) is 0.312. The molecule has 2 N–H and O–H groups in total. The van der Waals surface area contributed by atoms with Crippen molar-refractivity contribution in [3.63, 3.8) is 0 Å². The van der Waals surface area contributed by atoms with Crippen molar-refractivity contribution in [2.24, 2.45) is 0 Å². The Balaban J connectivity index is 2.20. The molecule has 0 unspecified atom stereocenters. The maximum absolute atomic E-state index is 12.6. The summed E-state index contributed by atoms with van der Waals surface area (Å²) in [7, 11) is 0. The molecule has 0 aliphatic rings. The van der Waals surface area contributed by atoms with Crippen LogP contribution in [0.3, 0.4) is 0 Å². The first kappa shape index (κ1) is 14.2. The van der Waals surface area contributed by atoms with Crippen molar-refractivity contribution in [3.8, 4) is 0 Å². The van der Waals surface area contributed by atoms with Gasteiger partial charge in [0.25, 0.3) is 5.91 Å². The van der Waals surface area contributed by atoms with Crippen LogP contribution < -0.4 is 5.73 Å². The Labute approximate surface area is 119 Å². The lowest BCUT2D eigenvalue weighted by Gasteiger charge is -2.21. The number of nitrogen functional groups attached to an aromatic ring is 1. The number of aromatic nitrogens is 1. The molecule has 0 saturated carbocycles. The summed E-state index contributed by atoms with van der Waals surface area (Å²) in [6.07, 6.45) is 1.81. The zero-order valence-electron chi connectivity index (χ0n) is 12.0. The first-order valence-corrected chi connectivity index (χ1v) is 6.94. The maximum Gasteiger partial charge on any atom is 0.270 e. The van der Waals surface area contributed by atoms with E-state index in [1.54, 1.807) is 6.07 Å². The number of aryl methyl sites for hydroxylation is 1. The first-order chi connectivity index (χ1) is 9.65. The van der Waals surface area contributed by atoms with Crippen molar-refractivity contribution in [3.05, 3.63) is 53.9 Å². The normalized spacial score (nSPS) is 10.5. The molecule has 20 heavy (non-hydrogen) atoms. The van der Waals surface area contributed by atoms with Crippen molar-refractivity contribution in [2.45, 2.75) is 26.9 Å². The Morgan fingerprint density at radius 2 is 1.95 bits per heavy atom. The summed E-state index contributed by atoms with van der Waals surface area (Å²) >= 11 is 0. The van der Waals surface area contributed by atoms with Gasteiger partial charge in [-0.1, -0.05) is 30.3 Å². The Hall–Kier alpha value is -2.23. The standard InChI is InChI=1S/C16H21N3O/c1-3-18-12-14(17)10-15(18)16(20)19(4-2)11-13-8-6-5-7-9-13/h5-10,12H,3-4,11,17H2,1-2H3. The van der Waals surface area contributed by atoms with Crippen LogP contribution >= 0.6 is 0 Å². The van der Waals surface area contributed by atoms with E-state index >= 15 is 0 Å². The van der Waals surface area contributed by atoms with E-state index in [4.69, 9.17) is 5.73 Å². The van der Waals surface area contributed by atoms with Crippen molar-refractivity contribution in [1.29, 1.82) is 0 Å². The average molecular weight is 271 g/mol. The summed E-state index contributed by atoms with van der Waals surface area (Å²) in [5.41, 5.74) is 8.21. The van der Waals surface area contributed by atoms with E-state index in [1.165, 1.54) is 0 Å². The number of rotatable bonds is 5. The topological polar surface area (TPSA) is 51.3 Å². The fourth-order valence-corrected chi connectivity index (χ4v) is 2.27. The van der Waals surface area contributed by atoms with Crippen LogP contribution in [0.4, 0.5) is 5.69 Å². The van der Waals surface area contributed by atoms with Crippen LogP contribution in [0, 0.1) is 0 Å². The van der Waals surface area contributed by atoms with Gasteiger partial charge in [0.15, 0.2) is 0 Å². The predicted octanol–water partition coefficient (Wildman–Crippen LogP) is 2.75. The molecular weight excluding hydrogens is 250 g/mol. The minimum Gasteiger partial charge on any atom is -0.397 e. The molecule has 1 aromatic carbocycles. The summed E-state index contributed by atoms with van der Waals surface area (Å²) in [6.45, 7) is 6.02. The van der Waals surface area contributed by atoms with E-state index < -0.39 is 0 Å². The molecule has 0 saturated heterocycles. The lowest BCUT2D eigenvalue weighted by molar-refractivity contribution is 0.0742. The number of hydrogen-bond donors (Lipinski definition) is 1. The third-order valence-corrected chi connectivity index (χ3v) is 3.36. The van der Waals surface area contributed by atoms with E-state index in [2.05, 4.69) is 0 Å². The number of hydrogen-bond acceptors (Lipinski definition) is 2. The third-order valence-electron chi connectivity index (χ3n) is 3.36. The second kappa shape index (κ2) is 6.28. The van der Waals surface area contributed by atoms with Gasteiger partial charge in [-0.25, -0.2) is 0 Å². The average Bonchev–Trinajstić information content (AvgIpc) is 2.86. The Kier molecular flexibility index (Phi) is 4.45. The zero-order valence-corrected chi connectivity index (χ0v) is 12.0. The van der Waals surface area contributed by atoms with Gasteiger partial charge in [0, 0.05) is 25.8 Å². The third kappa shape index (κ3) is 3.02. The van der Waals surface area contributed by atoms with E-state index in [9.17, 15) is 4.79 Å². The van der Waals surface area contributed by atoms with Gasteiger partial charge in [-0.15, -0.1) is 0 Å². The molecule has 2 aromatic rings. The molecule has 0 aliphatic heterocycles. The number of nitrogens with zero attached hydrogens (tertiary/aromatic N) is 2. The molecule has 0 aliphatic carbocycles. The van der Waals surface area contributed by atoms with Gasteiger partial charge in [0.1, 0.15) is 5.69 Å². The summed E-state index contributed by atoms with van der Waals surface area (Å²) < 4.78 is 1.89. The van der Waals surface area contributed by atoms with Gasteiger partial charge in [-0.05, 0) is 25.5 Å². The van der Waals surface area contributed by atoms with Gasteiger partial charge in [0.2, 0.25) is 0 Å². The minimum atomic E-state index is 0.0231. The molecule has 1 heterocycles. The second-order valence-corrected chi connectivity index (χ2v) is 4.75. The Bertz CT molecular complexity index is 575. The molecule has 4 nitrogen and oxygen atoms in total. The molecule has 0 bridgehead atoms. The lowest BCUT2D eigenvalue weighted by Crippen LogP contribution is -2.31. The number of carbonyl (C=O) groups is 1. The van der Waals surface area contributed by atoms with Crippen LogP contribution in [-0.2, 0) is 13.1 Å².